The number of amides is 3. The van der Waals surface area contributed by atoms with E-state index >= 15 is 0 Å². The van der Waals surface area contributed by atoms with Crippen LogP contribution in [0.2, 0.25) is 0 Å². The second kappa shape index (κ2) is 6.69. The molecule has 0 spiro atoms. The first-order chi connectivity index (χ1) is 10.7. The van der Waals surface area contributed by atoms with Crippen LogP contribution in [0.15, 0.2) is 42.5 Å². The van der Waals surface area contributed by atoms with E-state index in [1.807, 2.05) is 75.2 Å². The maximum absolute atomic E-state index is 12.0. The zero-order valence-electron chi connectivity index (χ0n) is 14.0. The summed E-state index contributed by atoms with van der Waals surface area (Å²) >= 11 is 0. The summed E-state index contributed by atoms with van der Waals surface area (Å²) in [5, 5.41) is 7.31. The summed E-state index contributed by atoms with van der Waals surface area (Å²) in [7, 11) is 1.82. The summed E-state index contributed by atoms with van der Waals surface area (Å²) in [6.07, 6.45) is 0. The molecule has 2 aromatic rings. The lowest BCUT2D eigenvalue weighted by molar-refractivity contribution is -0.118. The number of anilines is 1. The van der Waals surface area contributed by atoms with Crippen molar-refractivity contribution < 1.29 is 9.59 Å². The third-order valence-corrected chi connectivity index (χ3v) is 3.30. The lowest BCUT2D eigenvalue weighted by Gasteiger charge is -2.22. The third kappa shape index (κ3) is 4.98. The standard InChI is InChI=1S/C18H23N3O2/c1-18(2,3)20-17(23)19-16(22)12-21(4)15-10-9-13-7-5-6-8-14(13)11-15/h5-11H,12H2,1-4H3,(H2,19,20,22,23). The van der Waals surface area contributed by atoms with Gasteiger partial charge in [-0.15, -0.1) is 0 Å². The summed E-state index contributed by atoms with van der Waals surface area (Å²) < 4.78 is 0. The highest BCUT2D eigenvalue weighted by Crippen LogP contribution is 2.21. The molecule has 2 rings (SSSR count). The maximum Gasteiger partial charge on any atom is 0.321 e. The van der Waals surface area contributed by atoms with Crippen LogP contribution in [0.5, 0.6) is 0 Å². The second-order valence-electron chi connectivity index (χ2n) is 6.64. The molecule has 5 heteroatoms. The highest BCUT2D eigenvalue weighted by Gasteiger charge is 2.16. The molecule has 0 fully saturated rings. The largest absolute Gasteiger partial charge is 0.365 e. The number of likely N-dealkylation sites (N-methyl/N-ethyl adjacent to an activating group) is 1. The van der Waals surface area contributed by atoms with Crippen molar-refractivity contribution in [2.45, 2.75) is 26.3 Å². The number of fused-ring (bicyclic) bond motifs is 1. The Morgan fingerprint density at radius 3 is 2.35 bits per heavy atom. The van der Waals surface area contributed by atoms with Crippen molar-refractivity contribution in [2.24, 2.45) is 0 Å². The van der Waals surface area contributed by atoms with Crippen molar-refractivity contribution in [3.05, 3.63) is 42.5 Å². The highest BCUT2D eigenvalue weighted by atomic mass is 16.2. The first-order valence-corrected chi connectivity index (χ1v) is 7.56. The van der Waals surface area contributed by atoms with Crippen molar-refractivity contribution in [1.82, 2.24) is 10.6 Å². The van der Waals surface area contributed by atoms with Gasteiger partial charge in [0.15, 0.2) is 0 Å². The number of benzene rings is 2. The van der Waals surface area contributed by atoms with Gasteiger partial charge >= 0.3 is 6.03 Å². The van der Waals surface area contributed by atoms with E-state index in [1.165, 1.54) is 0 Å². The lowest BCUT2D eigenvalue weighted by atomic mass is 10.1. The normalized spacial score (nSPS) is 11.1. The molecule has 0 aliphatic rings. The van der Waals surface area contributed by atoms with Crippen LogP contribution in [0.25, 0.3) is 10.8 Å². The molecule has 23 heavy (non-hydrogen) atoms. The summed E-state index contributed by atoms with van der Waals surface area (Å²) in [5.74, 6) is -0.345. The van der Waals surface area contributed by atoms with E-state index in [1.54, 1.807) is 0 Å². The Bertz CT molecular complexity index is 720. The number of hydrogen-bond donors (Lipinski definition) is 2. The smallest absolute Gasteiger partial charge is 0.321 e. The number of nitrogens with zero attached hydrogens (tertiary/aromatic N) is 1. The minimum absolute atomic E-state index is 0.107. The van der Waals surface area contributed by atoms with Crippen molar-refractivity contribution in [1.29, 1.82) is 0 Å². The van der Waals surface area contributed by atoms with E-state index in [9.17, 15) is 9.59 Å². The Balaban J connectivity index is 1.98. The molecule has 0 radical (unpaired) electrons. The first-order valence-electron chi connectivity index (χ1n) is 7.56. The molecule has 0 unspecified atom stereocenters. The van der Waals surface area contributed by atoms with Crippen molar-refractivity contribution >= 4 is 28.4 Å². The predicted molar refractivity (Wildman–Crippen MR) is 93.6 cm³/mol. The summed E-state index contributed by atoms with van der Waals surface area (Å²) in [6, 6.07) is 13.6. The fourth-order valence-electron chi connectivity index (χ4n) is 2.26. The SMILES string of the molecule is CN(CC(=O)NC(=O)NC(C)(C)C)c1ccc2ccccc2c1. The van der Waals surface area contributed by atoms with E-state index in [-0.39, 0.29) is 18.0 Å². The molecule has 0 saturated heterocycles. The fourth-order valence-corrected chi connectivity index (χ4v) is 2.26. The van der Waals surface area contributed by atoms with Gasteiger partial charge in [0.1, 0.15) is 0 Å². The average Bonchev–Trinajstić information content (AvgIpc) is 2.44. The van der Waals surface area contributed by atoms with E-state index in [4.69, 9.17) is 0 Å². The Kier molecular flexibility index (Phi) is 4.89. The number of carbonyl (C=O) groups is 2. The monoisotopic (exact) mass is 313 g/mol. The Morgan fingerprint density at radius 1 is 1.04 bits per heavy atom. The van der Waals surface area contributed by atoms with E-state index in [0.717, 1.165) is 16.5 Å². The zero-order valence-corrected chi connectivity index (χ0v) is 14.0. The molecule has 5 nitrogen and oxygen atoms in total. The van der Waals surface area contributed by atoms with Crippen molar-refractivity contribution in [3.63, 3.8) is 0 Å². The average molecular weight is 313 g/mol. The molecule has 0 heterocycles. The van der Waals surface area contributed by atoms with Gasteiger partial charge < -0.3 is 10.2 Å². The van der Waals surface area contributed by atoms with Crippen molar-refractivity contribution in [2.75, 3.05) is 18.5 Å². The van der Waals surface area contributed by atoms with Crippen LogP contribution in [-0.2, 0) is 4.79 Å². The van der Waals surface area contributed by atoms with Gasteiger partial charge in [-0.1, -0.05) is 30.3 Å². The topological polar surface area (TPSA) is 61.4 Å². The minimum Gasteiger partial charge on any atom is -0.365 e. The van der Waals surface area contributed by atoms with Gasteiger partial charge in [0, 0.05) is 18.3 Å². The molecule has 0 aromatic heterocycles. The number of urea groups is 1. The van der Waals surface area contributed by atoms with E-state index in [2.05, 4.69) is 10.6 Å². The molecule has 3 amide bonds. The van der Waals surface area contributed by atoms with Gasteiger partial charge in [-0.3, -0.25) is 10.1 Å². The molecule has 0 aliphatic heterocycles. The Morgan fingerprint density at radius 2 is 1.70 bits per heavy atom. The highest BCUT2D eigenvalue weighted by molar-refractivity contribution is 5.97. The third-order valence-electron chi connectivity index (χ3n) is 3.30. The Hall–Kier alpha value is -2.56. The van der Waals surface area contributed by atoms with E-state index < -0.39 is 6.03 Å². The first kappa shape index (κ1) is 16.8. The van der Waals surface area contributed by atoms with Gasteiger partial charge in [-0.25, -0.2) is 4.79 Å². The number of nitrogens with one attached hydrogen (secondary N) is 2. The number of imide groups is 1. The van der Waals surface area contributed by atoms with Gasteiger partial charge in [0.2, 0.25) is 5.91 Å². The maximum atomic E-state index is 12.0. The van der Waals surface area contributed by atoms with Crippen LogP contribution in [0.4, 0.5) is 10.5 Å². The minimum atomic E-state index is -0.477. The summed E-state index contributed by atoms with van der Waals surface area (Å²) in [4.78, 5) is 25.5. The van der Waals surface area contributed by atoms with Gasteiger partial charge in [-0.2, -0.15) is 0 Å². The molecule has 0 atom stereocenters. The molecule has 0 saturated carbocycles. The van der Waals surface area contributed by atoms with Gasteiger partial charge in [0.25, 0.3) is 0 Å². The molecular weight excluding hydrogens is 290 g/mol. The second-order valence-corrected chi connectivity index (χ2v) is 6.64. The van der Waals surface area contributed by atoms with Crippen LogP contribution in [-0.4, -0.2) is 31.1 Å². The van der Waals surface area contributed by atoms with Gasteiger partial charge in [-0.05, 0) is 43.7 Å². The lowest BCUT2D eigenvalue weighted by Crippen LogP contribution is -2.50. The number of rotatable bonds is 3. The summed E-state index contributed by atoms with van der Waals surface area (Å²) in [5.41, 5.74) is 0.546. The summed E-state index contributed by atoms with van der Waals surface area (Å²) in [6.45, 7) is 5.69. The molecular formula is C18H23N3O2. The molecule has 0 aliphatic carbocycles. The molecule has 2 aromatic carbocycles. The van der Waals surface area contributed by atoms with E-state index in [0.29, 0.717) is 0 Å². The quantitative estimate of drug-likeness (QED) is 0.916. The van der Waals surface area contributed by atoms with Crippen LogP contribution in [0.1, 0.15) is 20.8 Å². The predicted octanol–water partition coefficient (Wildman–Crippen LogP) is 2.90. The Labute approximate surface area is 136 Å². The molecule has 2 N–H and O–H groups in total. The number of carbonyl (C=O) groups excluding carboxylic acids is 2. The molecule has 0 bridgehead atoms. The van der Waals surface area contributed by atoms with Crippen LogP contribution in [0.3, 0.4) is 0 Å². The van der Waals surface area contributed by atoms with Crippen LogP contribution >= 0.6 is 0 Å². The van der Waals surface area contributed by atoms with Crippen LogP contribution in [0, 0.1) is 0 Å². The zero-order chi connectivity index (χ0) is 17.0. The van der Waals surface area contributed by atoms with Gasteiger partial charge in [0.05, 0.1) is 6.54 Å². The van der Waals surface area contributed by atoms with Crippen LogP contribution < -0.4 is 15.5 Å². The molecule has 122 valence electrons. The van der Waals surface area contributed by atoms with Crippen molar-refractivity contribution in [3.8, 4) is 0 Å². The number of hydrogen-bond acceptors (Lipinski definition) is 3. The fraction of sp³-hybridized carbons (Fsp3) is 0.333.